The molecule has 0 aliphatic carbocycles. The highest BCUT2D eigenvalue weighted by molar-refractivity contribution is 5.47. The summed E-state index contributed by atoms with van der Waals surface area (Å²) in [5.41, 5.74) is 1.92. The van der Waals surface area contributed by atoms with Crippen molar-refractivity contribution in [3.8, 4) is 0 Å². The van der Waals surface area contributed by atoms with Crippen LogP contribution in [0.1, 0.15) is 17.5 Å². The molecule has 1 aromatic carbocycles. The van der Waals surface area contributed by atoms with Crippen LogP contribution in [0.25, 0.3) is 0 Å². The minimum absolute atomic E-state index is 0.249. The van der Waals surface area contributed by atoms with E-state index in [2.05, 4.69) is 16.8 Å². The number of piperazine rings is 1. The van der Waals surface area contributed by atoms with Gasteiger partial charge in [0.1, 0.15) is 0 Å². The first kappa shape index (κ1) is 14.9. The lowest BCUT2D eigenvalue weighted by Crippen LogP contribution is -2.44. The molecule has 1 fully saturated rings. The van der Waals surface area contributed by atoms with Crippen LogP contribution in [0.4, 0.5) is 5.69 Å². The zero-order valence-corrected chi connectivity index (χ0v) is 12.3. The Morgan fingerprint density at radius 3 is 2.60 bits per heavy atom. The summed E-state index contributed by atoms with van der Waals surface area (Å²) in [6.07, 6.45) is 1.76. The molecule has 0 saturated carbocycles. The maximum atomic E-state index is 11.1. The number of rotatable bonds is 5. The van der Waals surface area contributed by atoms with Crippen LogP contribution in [0.2, 0.25) is 0 Å². The molecule has 1 heterocycles. The van der Waals surface area contributed by atoms with E-state index in [1.54, 1.807) is 0 Å². The van der Waals surface area contributed by atoms with Gasteiger partial charge in [-0.2, -0.15) is 0 Å². The van der Waals surface area contributed by atoms with Gasteiger partial charge in [0.05, 0.1) is 4.92 Å². The Morgan fingerprint density at radius 1 is 1.25 bits per heavy atom. The second kappa shape index (κ2) is 6.81. The average Bonchev–Trinajstić information content (AvgIpc) is 2.40. The molecule has 2 rings (SSSR count). The number of nitro benzene ring substituents is 1. The van der Waals surface area contributed by atoms with Crippen molar-refractivity contribution in [1.82, 2.24) is 9.80 Å². The summed E-state index contributed by atoms with van der Waals surface area (Å²) in [5.74, 6) is 0. The molecule has 1 aliphatic heterocycles. The highest BCUT2D eigenvalue weighted by atomic mass is 16.6. The van der Waals surface area contributed by atoms with Crippen LogP contribution >= 0.6 is 0 Å². The minimum Gasteiger partial charge on any atom is -0.304 e. The lowest BCUT2D eigenvalue weighted by Gasteiger charge is -2.32. The standard InChI is InChI=1S/C15H23N3O2/c1-13-5-3-6-14(15(13)18(19)20)7-4-8-17-11-9-16(2)10-12-17/h3,5-6H,4,7-12H2,1-2H3. The summed E-state index contributed by atoms with van der Waals surface area (Å²) in [5, 5.41) is 11.1. The van der Waals surface area contributed by atoms with Gasteiger partial charge in [-0.1, -0.05) is 18.2 Å². The molecule has 1 saturated heterocycles. The van der Waals surface area contributed by atoms with Gasteiger partial charge in [-0.15, -0.1) is 0 Å². The number of hydrogen-bond acceptors (Lipinski definition) is 4. The summed E-state index contributed by atoms with van der Waals surface area (Å²) >= 11 is 0. The van der Waals surface area contributed by atoms with Gasteiger partial charge in [-0.05, 0) is 33.4 Å². The van der Waals surface area contributed by atoms with Crippen LogP contribution in [-0.2, 0) is 6.42 Å². The number of para-hydroxylation sites is 1. The molecular formula is C15H23N3O2. The number of likely N-dealkylation sites (N-methyl/N-ethyl adjacent to an activating group) is 1. The first-order chi connectivity index (χ1) is 9.58. The molecular weight excluding hydrogens is 254 g/mol. The van der Waals surface area contributed by atoms with E-state index in [1.165, 1.54) is 0 Å². The second-order valence-corrected chi connectivity index (χ2v) is 5.59. The van der Waals surface area contributed by atoms with E-state index in [4.69, 9.17) is 0 Å². The molecule has 0 bridgehead atoms. The highest BCUT2D eigenvalue weighted by Crippen LogP contribution is 2.24. The first-order valence-electron chi connectivity index (χ1n) is 7.21. The van der Waals surface area contributed by atoms with Crippen molar-refractivity contribution in [2.75, 3.05) is 39.8 Å². The van der Waals surface area contributed by atoms with Crippen LogP contribution in [-0.4, -0.2) is 54.5 Å². The number of nitro groups is 1. The molecule has 1 aromatic rings. The van der Waals surface area contributed by atoms with Crippen LogP contribution < -0.4 is 0 Å². The third kappa shape index (κ3) is 3.77. The summed E-state index contributed by atoms with van der Waals surface area (Å²) < 4.78 is 0. The van der Waals surface area contributed by atoms with Crippen molar-refractivity contribution >= 4 is 5.69 Å². The van der Waals surface area contributed by atoms with E-state index in [9.17, 15) is 10.1 Å². The fourth-order valence-electron chi connectivity index (χ4n) is 2.75. The Kier molecular flexibility index (Phi) is 5.09. The monoisotopic (exact) mass is 277 g/mol. The van der Waals surface area contributed by atoms with Gasteiger partial charge in [-0.25, -0.2) is 0 Å². The number of nitrogens with zero attached hydrogens (tertiary/aromatic N) is 3. The predicted octanol–water partition coefficient (Wildman–Crippen LogP) is 2.08. The van der Waals surface area contributed by atoms with E-state index in [0.717, 1.165) is 56.7 Å². The summed E-state index contributed by atoms with van der Waals surface area (Å²) in [7, 11) is 2.15. The van der Waals surface area contributed by atoms with Gasteiger partial charge in [0, 0.05) is 37.3 Å². The normalized spacial score (nSPS) is 17.3. The van der Waals surface area contributed by atoms with E-state index in [1.807, 2.05) is 25.1 Å². The van der Waals surface area contributed by atoms with E-state index >= 15 is 0 Å². The largest absolute Gasteiger partial charge is 0.304 e. The molecule has 0 atom stereocenters. The molecule has 5 nitrogen and oxygen atoms in total. The van der Waals surface area contributed by atoms with Crippen LogP contribution in [0.5, 0.6) is 0 Å². The molecule has 0 spiro atoms. The fraction of sp³-hybridized carbons (Fsp3) is 0.600. The van der Waals surface area contributed by atoms with Gasteiger partial charge in [0.15, 0.2) is 0 Å². The van der Waals surface area contributed by atoms with Gasteiger partial charge in [-0.3, -0.25) is 10.1 Å². The first-order valence-corrected chi connectivity index (χ1v) is 7.21. The SMILES string of the molecule is Cc1cccc(CCCN2CCN(C)CC2)c1[N+](=O)[O-]. The van der Waals surface area contributed by atoms with Crippen molar-refractivity contribution in [1.29, 1.82) is 0 Å². The molecule has 5 heteroatoms. The topological polar surface area (TPSA) is 49.6 Å². The molecule has 0 unspecified atom stereocenters. The summed E-state index contributed by atoms with van der Waals surface area (Å²) in [6.45, 7) is 7.27. The van der Waals surface area contributed by atoms with Gasteiger partial charge in [0.2, 0.25) is 0 Å². The van der Waals surface area contributed by atoms with Crippen LogP contribution in [0.15, 0.2) is 18.2 Å². The lowest BCUT2D eigenvalue weighted by molar-refractivity contribution is -0.386. The molecule has 0 N–H and O–H groups in total. The highest BCUT2D eigenvalue weighted by Gasteiger charge is 2.17. The molecule has 0 amide bonds. The summed E-state index contributed by atoms with van der Waals surface area (Å²) in [6, 6.07) is 5.60. The molecule has 110 valence electrons. The molecule has 0 radical (unpaired) electrons. The number of aryl methyl sites for hydroxylation is 2. The number of hydrogen-bond donors (Lipinski definition) is 0. The zero-order chi connectivity index (χ0) is 14.5. The third-order valence-corrected chi connectivity index (χ3v) is 4.02. The Balaban J connectivity index is 1.88. The quantitative estimate of drug-likeness (QED) is 0.611. The van der Waals surface area contributed by atoms with E-state index < -0.39 is 0 Å². The van der Waals surface area contributed by atoms with Crippen molar-refractivity contribution in [3.05, 3.63) is 39.4 Å². The van der Waals surface area contributed by atoms with Gasteiger partial charge in [0.25, 0.3) is 5.69 Å². The molecule has 1 aliphatic rings. The van der Waals surface area contributed by atoms with Crippen LogP contribution in [0, 0.1) is 17.0 Å². The number of benzene rings is 1. The maximum Gasteiger partial charge on any atom is 0.275 e. The molecule has 20 heavy (non-hydrogen) atoms. The zero-order valence-electron chi connectivity index (χ0n) is 12.3. The van der Waals surface area contributed by atoms with Crippen molar-refractivity contribution in [3.63, 3.8) is 0 Å². The van der Waals surface area contributed by atoms with E-state index in [-0.39, 0.29) is 4.92 Å². The Hall–Kier alpha value is -1.46. The Morgan fingerprint density at radius 2 is 1.95 bits per heavy atom. The van der Waals surface area contributed by atoms with Gasteiger partial charge < -0.3 is 9.80 Å². The predicted molar refractivity (Wildman–Crippen MR) is 80.1 cm³/mol. The van der Waals surface area contributed by atoms with Crippen molar-refractivity contribution in [2.45, 2.75) is 19.8 Å². The lowest BCUT2D eigenvalue weighted by atomic mass is 10.0. The maximum absolute atomic E-state index is 11.1. The third-order valence-electron chi connectivity index (χ3n) is 4.02. The summed E-state index contributed by atoms with van der Waals surface area (Å²) in [4.78, 5) is 15.7. The van der Waals surface area contributed by atoms with Crippen molar-refractivity contribution in [2.24, 2.45) is 0 Å². The van der Waals surface area contributed by atoms with Crippen LogP contribution in [0.3, 0.4) is 0 Å². The van der Waals surface area contributed by atoms with Gasteiger partial charge >= 0.3 is 0 Å². The molecule has 0 aromatic heterocycles. The Bertz CT molecular complexity index is 468. The van der Waals surface area contributed by atoms with Crippen molar-refractivity contribution < 1.29 is 4.92 Å². The fourth-order valence-corrected chi connectivity index (χ4v) is 2.75. The second-order valence-electron chi connectivity index (χ2n) is 5.59. The minimum atomic E-state index is -0.249. The Labute approximate surface area is 120 Å². The van der Waals surface area contributed by atoms with E-state index in [0.29, 0.717) is 5.69 Å². The average molecular weight is 277 g/mol. The smallest absolute Gasteiger partial charge is 0.275 e.